The summed E-state index contributed by atoms with van der Waals surface area (Å²) in [6.07, 6.45) is 5.16. The molecule has 12 heavy (non-hydrogen) atoms. The summed E-state index contributed by atoms with van der Waals surface area (Å²) in [5.41, 5.74) is 1.18. The maximum absolute atomic E-state index is 5.33. The van der Waals surface area contributed by atoms with Crippen molar-refractivity contribution >= 4 is 6.40 Å². The SMILES string of the molecule is C=C(CCCC)C1OC=NC1C. The number of hydrogen-bond acceptors (Lipinski definition) is 2. The Balaban J connectivity index is 2.33. The van der Waals surface area contributed by atoms with Gasteiger partial charge in [-0.25, -0.2) is 0 Å². The second-order valence-electron chi connectivity index (χ2n) is 3.31. The molecule has 0 aromatic rings. The lowest BCUT2D eigenvalue weighted by molar-refractivity contribution is 0.239. The van der Waals surface area contributed by atoms with Crippen molar-refractivity contribution in [2.45, 2.75) is 45.3 Å². The molecule has 0 radical (unpaired) electrons. The van der Waals surface area contributed by atoms with Gasteiger partial charge in [0.05, 0.1) is 6.04 Å². The van der Waals surface area contributed by atoms with E-state index in [1.54, 1.807) is 6.40 Å². The van der Waals surface area contributed by atoms with Crippen LogP contribution in [0, 0.1) is 0 Å². The van der Waals surface area contributed by atoms with E-state index in [4.69, 9.17) is 4.74 Å². The van der Waals surface area contributed by atoms with Gasteiger partial charge >= 0.3 is 0 Å². The molecule has 0 aromatic carbocycles. The summed E-state index contributed by atoms with van der Waals surface area (Å²) in [6.45, 7) is 8.26. The van der Waals surface area contributed by atoms with Crippen LogP contribution in [-0.4, -0.2) is 18.5 Å². The first-order chi connectivity index (χ1) is 5.75. The molecule has 0 fully saturated rings. The molecule has 0 saturated carbocycles. The number of hydrogen-bond donors (Lipinski definition) is 0. The average Bonchev–Trinajstić information content (AvgIpc) is 2.47. The molecule has 0 aliphatic carbocycles. The van der Waals surface area contributed by atoms with Gasteiger partial charge in [-0.2, -0.15) is 0 Å². The van der Waals surface area contributed by atoms with Crippen LogP contribution < -0.4 is 0 Å². The van der Waals surface area contributed by atoms with E-state index < -0.39 is 0 Å². The Bertz CT molecular complexity index is 186. The highest BCUT2D eigenvalue weighted by Gasteiger charge is 2.23. The van der Waals surface area contributed by atoms with Gasteiger partial charge < -0.3 is 4.74 Å². The quantitative estimate of drug-likeness (QED) is 0.590. The van der Waals surface area contributed by atoms with Crippen LogP contribution in [0.5, 0.6) is 0 Å². The van der Waals surface area contributed by atoms with Crippen molar-refractivity contribution < 1.29 is 4.74 Å². The monoisotopic (exact) mass is 167 g/mol. The number of ether oxygens (including phenoxy) is 1. The third kappa shape index (κ3) is 2.10. The summed E-state index contributed by atoms with van der Waals surface area (Å²) in [5, 5.41) is 0. The van der Waals surface area contributed by atoms with Gasteiger partial charge in [-0.3, -0.25) is 4.99 Å². The fourth-order valence-electron chi connectivity index (χ4n) is 1.37. The zero-order valence-electron chi connectivity index (χ0n) is 7.92. The van der Waals surface area contributed by atoms with Crippen molar-refractivity contribution in [3.8, 4) is 0 Å². The molecule has 0 bridgehead atoms. The summed E-state index contributed by atoms with van der Waals surface area (Å²) in [4.78, 5) is 4.14. The zero-order valence-corrected chi connectivity index (χ0v) is 7.92. The molecule has 1 aliphatic heterocycles. The second kappa shape index (κ2) is 4.29. The van der Waals surface area contributed by atoms with Crippen molar-refractivity contribution in [3.63, 3.8) is 0 Å². The molecule has 0 amide bonds. The van der Waals surface area contributed by atoms with Gasteiger partial charge in [0.25, 0.3) is 0 Å². The third-order valence-electron chi connectivity index (χ3n) is 2.20. The van der Waals surface area contributed by atoms with E-state index in [2.05, 4.69) is 25.4 Å². The molecule has 0 aromatic heterocycles. The Morgan fingerprint density at radius 2 is 2.42 bits per heavy atom. The predicted molar refractivity (Wildman–Crippen MR) is 51.5 cm³/mol. The van der Waals surface area contributed by atoms with Crippen molar-refractivity contribution in [2.75, 3.05) is 0 Å². The van der Waals surface area contributed by atoms with Crippen LogP contribution in [0.15, 0.2) is 17.1 Å². The highest BCUT2D eigenvalue weighted by molar-refractivity contribution is 5.51. The maximum atomic E-state index is 5.33. The molecule has 1 heterocycles. The molecule has 0 N–H and O–H groups in total. The van der Waals surface area contributed by atoms with Gasteiger partial charge in [0, 0.05) is 0 Å². The van der Waals surface area contributed by atoms with Gasteiger partial charge in [-0.15, -0.1) is 0 Å². The van der Waals surface area contributed by atoms with Crippen molar-refractivity contribution in [1.29, 1.82) is 0 Å². The number of aliphatic imine (C=N–C) groups is 1. The first kappa shape index (κ1) is 9.30. The van der Waals surface area contributed by atoms with E-state index in [0.29, 0.717) is 0 Å². The topological polar surface area (TPSA) is 21.6 Å². The normalized spacial score (nSPS) is 27.2. The minimum absolute atomic E-state index is 0.136. The Morgan fingerprint density at radius 3 is 2.92 bits per heavy atom. The molecule has 1 rings (SSSR count). The van der Waals surface area contributed by atoms with Crippen LogP contribution in [0.2, 0.25) is 0 Å². The fourth-order valence-corrected chi connectivity index (χ4v) is 1.37. The molecule has 0 saturated heterocycles. The zero-order chi connectivity index (χ0) is 8.97. The number of rotatable bonds is 4. The Labute approximate surface area is 74.3 Å². The second-order valence-corrected chi connectivity index (χ2v) is 3.31. The summed E-state index contributed by atoms with van der Waals surface area (Å²) in [6, 6.07) is 0.259. The molecular weight excluding hydrogens is 150 g/mol. The number of nitrogens with zero attached hydrogens (tertiary/aromatic N) is 1. The lowest BCUT2D eigenvalue weighted by atomic mass is 10.0. The van der Waals surface area contributed by atoms with Crippen LogP contribution in [0.4, 0.5) is 0 Å². The summed E-state index contributed by atoms with van der Waals surface area (Å²) >= 11 is 0. The summed E-state index contributed by atoms with van der Waals surface area (Å²) in [5.74, 6) is 0. The highest BCUT2D eigenvalue weighted by atomic mass is 16.5. The predicted octanol–water partition coefficient (Wildman–Crippen LogP) is 2.55. The number of unbranched alkanes of at least 4 members (excludes halogenated alkanes) is 1. The van der Waals surface area contributed by atoms with E-state index in [9.17, 15) is 0 Å². The molecule has 2 heteroatoms. The first-order valence-electron chi connectivity index (χ1n) is 4.60. The highest BCUT2D eigenvalue weighted by Crippen LogP contribution is 2.20. The van der Waals surface area contributed by atoms with Crippen LogP contribution in [-0.2, 0) is 4.74 Å². The standard InChI is InChI=1S/C10H17NO/c1-4-5-6-8(2)10-9(3)11-7-12-10/h7,9-10H,2,4-6H2,1,3H3. The van der Waals surface area contributed by atoms with Gasteiger partial charge in [-0.1, -0.05) is 19.9 Å². The van der Waals surface area contributed by atoms with Crippen molar-refractivity contribution in [2.24, 2.45) is 4.99 Å². The lowest BCUT2D eigenvalue weighted by Crippen LogP contribution is -2.20. The van der Waals surface area contributed by atoms with Gasteiger partial charge in [0.2, 0.25) is 0 Å². The molecule has 2 nitrogen and oxygen atoms in total. The lowest BCUT2D eigenvalue weighted by Gasteiger charge is -2.15. The summed E-state index contributed by atoms with van der Waals surface area (Å²) < 4.78 is 5.33. The molecule has 1 aliphatic rings. The van der Waals surface area contributed by atoms with Crippen LogP contribution in [0.1, 0.15) is 33.1 Å². The Morgan fingerprint density at radius 1 is 1.67 bits per heavy atom. The smallest absolute Gasteiger partial charge is 0.170 e. The van der Waals surface area contributed by atoms with Gasteiger partial charge in [0.1, 0.15) is 6.10 Å². The Kier molecular flexibility index (Phi) is 3.32. The van der Waals surface area contributed by atoms with Crippen molar-refractivity contribution in [3.05, 3.63) is 12.2 Å². The molecule has 68 valence electrons. The third-order valence-corrected chi connectivity index (χ3v) is 2.20. The van der Waals surface area contributed by atoms with Crippen LogP contribution in [0.3, 0.4) is 0 Å². The fraction of sp³-hybridized carbons (Fsp3) is 0.700. The van der Waals surface area contributed by atoms with E-state index in [1.165, 1.54) is 18.4 Å². The van der Waals surface area contributed by atoms with Crippen LogP contribution in [0.25, 0.3) is 0 Å². The minimum Gasteiger partial charge on any atom is -0.474 e. The van der Waals surface area contributed by atoms with Crippen molar-refractivity contribution in [1.82, 2.24) is 0 Å². The molecule has 2 atom stereocenters. The molecular formula is C10H17NO. The average molecular weight is 167 g/mol. The van der Waals surface area contributed by atoms with Crippen LogP contribution >= 0.6 is 0 Å². The summed E-state index contributed by atoms with van der Waals surface area (Å²) in [7, 11) is 0. The largest absolute Gasteiger partial charge is 0.474 e. The maximum Gasteiger partial charge on any atom is 0.170 e. The van der Waals surface area contributed by atoms with E-state index >= 15 is 0 Å². The van der Waals surface area contributed by atoms with E-state index in [1.807, 2.05) is 0 Å². The van der Waals surface area contributed by atoms with Gasteiger partial charge in [-0.05, 0) is 25.3 Å². The van der Waals surface area contributed by atoms with E-state index in [0.717, 1.165) is 6.42 Å². The van der Waals surface area contributed by atoms with Gasteiger partial charge in [0.15, 0.2) is 6.40 Å². The molecule has 2 unspecified atom stereocenters. The minimum atomic E-state index is 0.136. The Hall–Kier alpha value is -0.790. The van der Waals surface area contributed by atoms with E-state index in [-0.39, 0.29) is 12.1 Å². The first-order valence-corrected chi connectivity index (χ1v) is 4.60. The molecule has 0 spiro atoms.